The molecular formula is C23H22Cl3NO3. The highest BCUT2D eigenvalue weighted by Crippen LogP contribution is 2.39. The highest BCUT2D eigenvalue weighted by Gasteiger charge is 2.25. The average Bonchev–Trinajstić information content (AvgIpc) is 2.72. The number of hydrogen-bond acceptors (Lipinski definition) is 4. The zero-order valence-corrected chi connectivity index (χ0v) is 18.9. The maximum Gasteiger partial charge on any atom is 0.336 e. The molecule has 1 aromatic heterocycles. The molecule has 1 aliphatic heterocycles. The molecular weight excluding hydrogens is 445 g/mol. The van der Waals surface area contributed by atoms with Gasteiger partial charge in [0.1, 0.15) is 18.1 Å². The van der Waals surface area contributed by atoms with Crippen LogP contribution in [0.1, 0.15) is 36.5 Å². The van der Waals surface area contributed by atoms with Crippen LogP contribution in [0, 0.1) is 0 Å². The van der Waals surface area contributed by atoms with E-state index in [0.29, 0.717) is 39.7 Å². The molecule has 0 amide bonds. The van der Waals surface area contributed by atoms with E-state index in [1.807, 2.05) is 18.2 Å². The Balaban J connectivity index is 1.63. The van der Waals surface area contributed by atoms with Crippen LogP contribution in [0.5, 0.6) is 5.75 Å². The van der Waals surface area contributed by atoms with Gasteiger partial charge in [0.25, 0.3) is 0 Å². The number of aryl methyl sites for hydroxylation is 1. The van der Waals surface area contributed by atoms with Gasteiger partial charge in [0.2, 0.25) is 0 Å². The van der Waals surface area contributed by atoms with E-state index in [-0.39, 0.29) is 5.63 Å². The Labute approximate surface area is 190 Å². The third-order valence-electron chi connectivity index (χ3n) is 5.41. The summed E-state index contributed by atoms with van der Waals surface area (Å²) in [6, 6.07) is 8.96. The average molecular weight is 467 g/mol. The van der Waals surface area contributed by atoms with Crippen molar-refractivity contribution < 1.29 is 9.15 Å². The Morgan fingerprint density at radius 1 is 1.03 bits per heavy atom. The lowest BCUT2D eigenvalue weighted by Gasteiger charge is -2.30. The third-order valence-corrected chi connectivity index (χ3v) is 6.27. The minimum absolute atomic E-state index is 0.344. The van der Waals surface area contributed by atoms with Crippen molar-refractivity contribution in [2.24, 2.45) is 0 Å². The van der Waals surface area contributed by atoms with Gasteiger partial charge in [-0.3, -0.25) is 4.90 Å². The lowest BCUT2D eigenvalue weighted by Crippen LogP contribution is -2.34. The molecule has 4 rings (SSSR count). The van der Waals surface area contributed by atoms with Crippen LogP contribution in [-0.2, 0) is 19.4 Å². The predicted octanol–water partition coefficient (Wildman–Crippen LogP) is 6.49. The van der Waals surface area contributed by atoms with Gasteiger partial charge in [-0.25, -0.2) is 4.79 Å². The Hall–Kier alpha value is -1.72. The molecule has 0 spiro atoms. The molecule has 7 heteroatoms. The molecule has 2 aromatic carbocycles. The standard InChI is InChI=1S/C23H22Cl3NO3/c1-2-3-4-15-9-21(28)30-22-17(15)11-20(26)23-18(22)12-27(13-29-23)8-7-14-5-6-16(24)10-19(14)25/h5-6,9-11H,2-4,7-8,12-13H2,1H3. The molecule has 0 atom stereocenters. The summed E-state index contributed by atoms with van der Waals surface area (Å²) in [7, 11) is 0. The Kier molecular flexibility index (Phi) is 6.59. The number of benzene rings is 2. The molecule has 0 aliphatic carbocycles. The number of ether oxygens (including phenoxy) is 1. The normalized spacial score (nSPS) is 14.0. The van der Waals surface area contributed by atoms with Gasteiger partial charge < -0.3 is 9.15 Å². The second-order valence-corrected chi connectivity index (χ2v) is 8.80. The van der Waals surface area contributed by atoms with Crippen molar-refractivity contribution in [1.29, 1.82) is 0 Å². The van der Waals surface area contributed by atoms with Crippen LogP contribution in [0.15, 0.2) is 39.5 Å². The number of hydrogen-bond donors (Lipinski definition) is 0. The fourth-order valence-electron chi connectivity index (χ4n) is 3.82. The van der Waals surface area contributed by atoms with E-state index in [2.05, 4.69) is 11.8 Å². The first-order chi connectivity index (χ1) is 14.5. The van der Waals surface area contributed by atoms with Crippen LogP contribution in [-0.4, -0.2) is 18.2 Å². The van der Waals surface area contributed by atoms with E-state index in [1.165, 1.54) is 0 Å². The summed E-state index contributed by atoms with van der Waals surface area (Å²) >= 11 is 18.8. The van der Waals surface area contributed by atoms with E-state index < -0.39 is 0 Å². The molecule has 1 aliphatic rings. The molecule has 0 radical (unpaired) electrons. The van der Waals surface area contributed by atoms with Crippen molar-refractivity contribution in [3.8, 4) is 5.75 Å². The topological polar surface area (TPSA) is 42.7 Å². The van der Waals surface area contributed by atoms with Crippen LogP contribution in [0.25, 0.3) is 11.0 Å². The van der Waals surface area contributed by atoms with E-state index >= 15 is 0 Å². The van der Waals surface area contributed by atoms with Crippen molar-refractivity contribution in [1.82, 2.24) is 4.90 Å². The number of unbranched alkanes of at least 4 members (excludes halogenated alkanes) is 1. The summed E-state index contributed by atoms with van der Waals surface area (Å²) in [5, 5.41) is 2.71. The van der Waals surface area contributed by atoms with Crippen LogP contribution in [0.4, 0.5) is 0 Å². The summed E-state index contributed by atoms with van der Waals surface area (Å²) in [6.45, 7) is 3.84. The first-order valence-electron chi connectivity index (χ1n) is 10.0. The Bertz CT molecular complexity index is 1140. The fraction of sp³-hybridized carbons (Fsp3) is 0.348. The lowest BCUT2D eigenvalue weighted by molar-refractivity contribution is 0.0969. The van der Waals surface area contributed by atoms with Crippen molar-refractivity contribution in [2.75, 3.05) is 13.3 Å². The second kappa shape index (κ2) is 9.19. The van der Waals surface area contributed by atoms with E-state index in [1.54, 1.807) is 12.1 Å². The molecule has 0 bridgehead atoms. The van der Waals surface area contributed by atoms with Gasteiger partial charge in [0.15, 0.2) is 0 Å². The highest BCUT2D eigenvalue weighted by molar-refractivity contribution is 6.35. The van der Waals surface area contributed by atoms with Crippen LogP contribution < -0.4 is 10.4 Å². The summed E-state index contributed by atoms with van der Waals surface area (Å²) in [4.78, 5) is 14.4. The zero-order valence-electron chi connectivity index (χ0n) is 16.6. The summed E-state index contributed by atoms with van der Waals surface area (Å²) in [5.74, 6) is 0.598. The van der Waals surface area contributed by atoms with Crippen molar-refractivity contribution in [3.63, 3.8) is 0 Å². The Morgan fingerprint density at radius 3 is 2.63 bits per heavy atom. The second-order valence-electron chi connectivity index (χ2n) is 7.55. The van der Waals surface area contributed by atoms with Gasteiger partial charge in [-0.2, -0.15) is 0 Å². The summed E-state index contributed by atoms with van der Waals surface area (Å²) < 4.78 is 11.6. The molecule has 0 N–H and O–H groups in total. The molecule has 4 nitrogen and oxygen atoms in total. The Morgan fingerprint density at radius 2 is 1.87 bits per heavy atom. The van der Waals surface area contributed by atoms with Gasteiger partial charge in [-0.1, -0.05) is 54.2 Å². The SMILES string of the molecule is CCCCc1cc(=O)oc2c3c(c(Cl)cc12)OCN(CCc1ccc(Cl)cc1Cl)C3. The smallest absolute Gasteiger partial charge is 0.336 e. The minimum Gasteiger partial charge on any atom is -0.476 e. The van der Waals surface area contributed by atoms with Gasteiger partial charge in [0, 0.05) is 34.6 Å². The third kappa shape index (κ3) is 4.47. The molecule has 0 saturated heterocycles. The van der Waals surface area contributed by atoms with Crippen LogP contribution in [0.3, 0.4) is 0 Å². The predicted molar refractivity (Wildman–Crippen MR) is 122 cm³/mol. The fourth-order valence-corrected chi connectivity index (χ4v) is 4.60. The van der Waals surface area contributed by atoms with Gasteiger partial charge >= 0.3 is 5.63 Å². The molecule has 30 heavy (non-hydrogen) atoms. The zero-order chi connectivity index (χ0) is 21.3. The molecule has 2 heterocycles. The highest BCUT2D eigenvalue weighted by atomic mass is 35.5. The van der Waals surface area contributed by atoms with Crippen molar-refractivity contribution in [2.45, 2.75) is 39.2 Å². The van der Waals surface area contributed by atoms with Crippen molar-refractivity contribution in [3.05, 3.63) is 72.5 Å². The molecule has 158 valence electrons. The lowest BCUT2D eigenvalue weighted by atomic mass is 10.0. The molecule has 3 aromatic rings. The number of rotatable bonds is 6. The number of halogens is 3. The summed E-state index contributed by atoms with van der Waals surface area (Å²) in [5.41, 5.74) is 3.04. The number of nitrogens with zero attached hydrogens (tertiary/aromatic N) is 1. The van der Waals surface area contributed by atoms with Gasteiger partial charge in [-0.05, 0) is 48.6 Å². The number of fused-ring (bicyclic) bond motifs is 3. The maximum atomic E-state index is 12.2. The molecule has 0 saturated carbocycles. The first-order valence-corrected chi connectivity index (χ1v) is 11.2. The van der Waals surface area contributed by atoms with Gasteiger partial charge in [0.05, 0.1) is 10.6 Å². The first kappa shape index (κ1) is 21.5. The summed E-state index contributed by atoms with van der Waals surface area (Å²) in [6.07, 6.45) is 3.61. The van der Waals surface area contributed by atoms with E-state index in [4.69, 9.17) is 44.0 Å². The largest absolute Gasteiger partial charge is 0.476 e. The van der Waals surface area contributed by atoms with E-state index in [9.17, 15) is 4.79 Å². The molecule has 0 unspecified atom stereocenters. The van der Waals surface area contributed by atoms with Crippen LogP contribution >= 0.6 is 34.8 Å². The quantitative estimate of drug-likeness (QED) is 0.389. The monoisotopic (exact) mass is 465 g/mol. The van der Waals surface area contributed by atoms with Crippen molar-refractivity contribution >= 4 is 45.8 Å². The van der Waals surface area contributed by atoms with Crippen LogP contribution in [0.2, 0.25) is 15.1 Å². The maximum absolute atomic E-state index is 12.2. The van der Waals surface area contributed by atoms with Gasteiger partial charge in [-0.15, -0.1) is 0 Å². The van der Waals surface area contributed by atoms with E-state index in [0.717, 1.165) is 54.3 Å². The molecule has 0 fully saturated rings. The minimum atomic E-state index is -0.344.